The Morgan fingerprint density at radius 3 is 2.56 bits per heavy atom. The molecule has 2 aliphatic heterocycles. The second kappa shape index (κ2) is 10.3. The average Bonchev–Trinajstić information content (AvgIpc) is 3.03. The highest BCUT2D eigenvalue weighted by molar-refractivity contribution is 5.93. The number of carbonyl (C=O) groups excluding carboxylic acids is 2. The minimum Gasteiger partial charge on any atom is -0.490 e. The Morgan fingerprint density at radius 1 is 1.00 bits per heavy atom. The van der Waals surface area contributed by atoms with Gasteiger partial charge in [0.25, 0.3) is 0 Å². The van der Waals surface area contributed by atoms with Crippen molar-refractivity contribution in [1.82, 2.24) is 9.80 Å². The number of fused-ring (bicyclic) bond motifs is 1. The Bertz CT molecular complexity index is 1000. The average molecular weight is 439 g/mol. The summed E-state index contributed by atoms with van der Waals surface area (Å²) in [5, 5.41) is 2.70. The maximum absolute atomic E-state index is 13.2. The van der Waals surface area contributed by atoms with E-state index in [4.69, 9.17) is 9.47 Å². The number of hydrogen-bond donors (Lipinski definition) is 1. The van der Waals surface area contributed by atoms with Crippen molar-refractivity contribution in [2.45, 2.75) is 6.42 Å². The van der Waals surface area contributed by atoms with Crippen LogP contribution in [0.4, 0.5) is 10.1 Å². The van der Waals surface area contributed by atoms with Crippen LogP contribution in [-0.4, -0.2) is 67.6 Å². The van der Waals surface area contributed by atoms with E-state index in [0.717, 1.165) is 17.7 Å². The second-order valence-electron chi connectivity index (χ2n) is 7.75. The largest absolute Gasteiger partial charge is 0.490 e. The van der Waals surface area contributed by atoms with Crippen LogP contribution in [0.2, 0.25) is 0 Å². The van der Waals surface area contributed by atoms with Gasteiger partial charge in [-0.1, -0.05) is 12.1 Å². The molecule has 2 amide bonds. The van der Waals surface area contributed by atoms with Crippen LogP contribution in [0.5, 0.6) is 11.5 Å². The predicted molar refractivity (Wildman–Crippen MR) is 119 cm³/mol. The number of anilines is 1. The lowest BCUT2D eigenvalue weighted by atomic mass is 10.2. The number of nitrogens with one attached hydrogen (secondary N) is 1. The molecule has 32 heavy (non-hydrogen) atoms. The number of halogens is 1. The Balaban J connectivity index is 1.24. The molecular weight excluding hydrogens is 413 g/mol. The first-order chi connectivity index (χ1) is 15.6. The predicted octanol–water partition coefficient (Wildman–Crippen LogP) is 2.78. The number of amides is 2. The minimum atomic E-state index is -0.394. The van der Waals surface area contributed by atoms with Gasteiger partial charge in [0.2, 0.25) is 11.8 Å². The first kappa shape index (κ1) is 21.8. The Hall–Kier alpha value is -3.39. The van der Waals surface area contributed by atoms with Gasteiger partial charge in [-0.05, 0) is 42.0 Å². The number of hydrogen-bond acceptors (Lipinski definition) is 5. The molecule has 2 heterocycles. The number of rotatable bonds is 5. The Labute approximate surface area is 186 Å². The van der Waals surface area contributed by atoms with Crippen LogP contribution in [0.25, 0.3) is 6.08 Å². The standard InChI is InChI=1S/C24H26FN3O4/c25-19-3-1-4-20(16-19)26-23(29)17-27-9-11-28(12-10-27)24(30)8-6-18-5-7-21-22(15-18)32-14-2-13-31-21/h1,3-8,15-16H,2,9-14,17H2,(H,26,29)/b8-6+. The van der Waals surface area contributed by atoms with Crippen LogP contribution in [0, 0.1) is 5.82 Å². The number of ether oxygens (including phenoxy) is 2. The maximum Gasteiger partial charge on any atom is 0.246 e. The minimum absolute atomic E-state index is 0.0685. The fraction of sp³-hybridized carbons (Fsp3) is 0.333. The smallest absolute Gasteiger partial charge is 0.246 e. The molecule has 0 atom stereocenters. The van der Waals surface area contributed by atoms with Gasteiger partial charge in [-0.25, -0.2) is 4.39 Å². The molecule has 0 aromatic heterocycles. The molecule has 1 saturated heterocycles. The fourth-order valence-electron chi connectivity index (χ4n) is 3.65. The molecule has 2 aliphatic rings. The van der Waals surface area contributed by atoms with Gasteiger partial charge < -0.3 is 19.7 Å². The molecule has 168 valence electrons. The number of benzene rings is 2. The molecule has 0 spiro atoms. The molecular formula is C24H26FN3O4. The highest BCUT2D eigenvalue weighted by atomic mass is 19.1. The van der Waals surface area contributed by atoms with Gasteiger partial charge in [0.1, 0.15) is 5.82 Å². The van der Waals surface area contributed by atoms with Crippen molar-refractivity contribution in [1.29, 1.82) is 0 Å². The zero-order valence-electron chi connectivity index (χ0n) is 17.8. The van der Waals surface area contributed by atoms with Crippen LogP contribution in [-0.2, 0) is 9.59 Å². The van der Waals surface area contributed by atoms with Crippen molar-refractivity contribution < 1.29 is 23.5 Å². The van der Waals surface area contributed by atoms with E-state index >= 15 is 0 Å². The van der Waals surface area contributed by atoms with Gasteiger partial charge in [-0.3, -0.25) is 14.5 Å². The number of piperazine rings is 1. The summed E-state index contributed by atoms with van der Waals surface area (Å²) >= 11 is 0. The number of carbonyl (C=O) groups is 2. The lowest BCUT2D eigenvalue weighted by molar-refractivity contribution is -0.127. The molecule has 2 aromatic carbocycles. The molecule has 2 aromatic rings. The Morgan fingerprint density at radius 2 is 1.78 bits per heavy atom. The summed E-state index contributed by atoms with van der Waals surface area (Å²) in [5.74, 6) is 0.756. The van der Waals surface area contributed by atoms with E-state index in [1.807, 2.05) is 23.1 Å². The lowest BCUT2D eigenvalue weighted by Crippen LogP contribution is -2.50. The van der Waals surface area contributed by atoms with Gasteiger partial charge in [0.05, 0.1) is 19.8 Å². The summed E-state index contributed by atoms with van der Waals surface area (Å²) in [6.45, 7) is 3.73. The van der Waals surface area contributed by atoms with Crippen LogP contribution in [0.1, 0.15) is 12.0 Å². The molecule has 1 fully saturated rings. The third-order valence-electron chi connectivity index (χ3n) is 5.35. The summed E-state index contributed by atoms with van der Waals surface area (Å²) in [5.41, 5.74) is 1.30. The monoisotopic (exact) mass is 439 g/mol. The summed E-state index contributed by atoms with van der Waals surface area (Å²) in [4.78, 5) is 28.5. The van der Waals surface area contributed by atoms with Gasteiger partial charge >= 0.3 is 0 Å². The van der Waals surface area contributed by atoms with E-state index in [1.54, 1.807) is 29.2 Å². The van der Waals surface area contributed by atoms with Crippen LogP contribution >= 0.6 is 0 Å². The summed E-state index contributed by atoms with van der Waals surface area (Å²) in [6, 6.07) is 11.4. The lowest BCUT2D eigenvalue weighted by Gasteiger charge is -2.33. The van der Waals surface area contributed by atoms with E-state index in [-0.39, 0.29) is 18.4 Å². The van der Waals surface area contributed by atoms with E-state index in [1.165, 1.54) is 12.1 Å². The molecule has 0 bridgehead atoms. The topological polar surface area (TPSA) is 71.1 Å². The zero-order valence-corrected chi connectivity index (χ0v) is 17.8. The normalized spacial score (nSPS) is 16.6. The van der Waals surface area contributed by atoms with Crippen molar-refractivity contribution in [3.63, 3.8) is 0 Å². The quantitative estimate of drug-likeness (QED) is 0.726. The van der Waals surface area contributed by atoms with Gasteiger partial charge in [0, 0.05) is 44.4 Å². The Kier molecular flexibility index (Phi) is 7.01. The van der Waals surface area contributed by atoms with E-state index in [9.17, 15) is 14.0 Å². The molecule has 1 N–H and O–H groups in total. The SMILES string of the molecule is O=C(CN1CCN(C(=O)/C=C/c2ccc3c(c2)OCCCO3)CC1)Nc1cccc(F)c1. The molecule has 0 aliphatic carbocycles. The molecule has 7 nitrogen and oxygen atoms in total. The molecule has 0 unspecified atom stereocenters. The van der Waals surface area contributed by atoms with E-state index < -0.39 is 5.82 Å². The summed E-state index contributed by atoms with van der Waals surface area (Å²) in [7, 11) is 0. The highest BCUT2D eigenvalue weighted by Crippen LogP contribution is 2.30. The molecule has 0 radical (unpaired) electrons. The summed E-state index contributed by atoms with van der Waals surface area (Å²) in [6.07, 6.45) is 4.18. The van der Waals surface area contributed by atoms with Crippen molar-refractivity contribution >= 4 is 23.6 Å². The third kappa shape index (κ3) is 5.85. The maximum atomic E-state index is 13.2. The highest BCUT2D eigenvalue weighted by Gasteiger charge is 2.21. The second-order valence-corrected chi connectivity index (χ2v) is 7.75. The van der Waals surface area contributed by atoms with Crippen molar-refractivity contribution in [3.05, 3.63) is 59.9 Å². The van der Waals surface area contributed by atoms with Crippen molar-refractivity contribution in [3.8, 4) is 11.5 Å². The molecule has 8 heteroatoms. The van der Waals surface area contributed by atoms with Gasteiger partial charge in [0.15, 0.2) is 11.5 Å². The van der Waals surface area contributed by atoms with Crippen LogP contribution in [0.3, 0.4) is 0 Å². The van der Waals surface area contributed by atoms with Crippen molar-refractivity contribution in [2.75, 3.05) is 51.3 Å². The van der Waals surface area contributed by atoms with E-state index in [2.05, 4.69) is 5.32 Å². The fourth-order valence-corrected chi connectivity index (χ4v) is 3.65. The van der Waals surface area contributed by atoms with Crippen LogP contribution < -0.4 is 14.8 Å². The van der Waals surface area contributed by atoms with Gasteiger partial charge in [-0.2, -0.15) is 0 Å². The van der Waals surface area contributed by atoms with Crippen LogP contribution in [0.15, 0.2) is 48.5 Å². The summed E-state index contributed by atoms with van der Waals surface area (Å²) < 4.78 is 24.6. The zero-order chi connectivity index (χ0) is 22.3. The molecule has 0 saturated carbocycles. The number of nitrogens with zero attached hydrogens (tertiary/aromatic N) is 2. The van der Waals surface area contributed by atoms with E-state index in [0.29, 0.717) is 50.8 Å². The third-order valence-corrected chi connectivity index (χ3v) is 5.35. The van der Waals surface area contributed by atoms with Gasteiger partial charge in [-0.15, -0.1) is 0 Å². The van der Waals surface area contributed by atoms with Crippen molar-refractivity contribution in [2.24, 2.45) is 0 Å². The first-order valence-corrected chi connectivity index (χ1v) is 10.7. The molecule has 4 rings (SSSR count). The first-order valence-electron chi connectivity index (χ1n) is 10.7.